The van der Waals surface area contributed by atoms with Gasteiger partial charge in [0.2, 0.25) is 0 Å². The Kier molecular flexibility index (Phi) is 6.31. The van der Waals surface area contributed by atoms with Crippen LogP contribution in [0.1, 0.15) is 63.5 Å². The lowest BCUT2D eigenvalue weighted by Crippen LogP contribution is -2.28. The highest BCUT2D eigenvalue weighted by atomic mass is 16.3. The molecule has 0 amide bonds. The van der Waals surface area contributed by atoms with Gasteiger partial charge in [0.05, 0.1) is 6.54 Å². The molecule has 1 aliphatic rings. The molecule has 3 heteroatoms. The van der Waals surface area contributed by atoms with E-state index in [-0.39, 0.29) is 0 Å². The normalized spacial score (nSPS) is 15.3. The van der Waals surface area contributed by atoms with E-state index in [1.807, 2.05) is 0 Å². The molecule has 0 aliphatic heterocycles. The van der Waals surface area contributed by atoms with Crippen LogP contribution in [0.25, 0.3) is 0 Å². The second kappa shape index (κ2) is 8.00. The van der Waals surface area contributed by atoms with Gasteiger partial charge in [0.1, 0.15) is 11.5 Å². The Bertz CT molecular complexity index is 419. The Hall–Kier alpha value is -0.800. The lowest BCUT2D eigenvalue weighted by molar-refractivity contribution is 0.210. The van der Waals surface area contributed by atoms with Crippen molar-refractivity contribution < 1.29 is 4.42 Å². The van der Waals surface area contributed by atoms with Crippen molar-refractivity contribution >= 4 is 0 Å². The van der Waals surface area contributed by atoms with Gasteiger partial charge in [-0.2, -0.15) is 0 Å². The molecule has 0 atom stereocenters. The maximum Gasteiger partial charge on any atom is 0.118 e. The second-order valence-corrected chi connectivity index (χ2v) is 6.46. The van der Waals surface area contributed by atoms with Crippen LogP contribution in [0.4, 0.5) is 0 Å². The van der Waals surface area contributed by atoms with Crippen molar-refractivity contribution in [3.8, 4) is 0 Å². The molecule has 1 fully saturated rings. The highest BCUT2D eigenvalue weighted by Gasteiger charge is 2.21. The molecule has 1 heterocycles. The predicted molar refractivity (Wildman–Crippen MR) is 88.3 cm³/mol. The molecule has 0 spiro atoms. The molecular weight excluding hydrogens is 260 g/mol. The average molecular weight is 292 g/mol. The first kappa shape index (κ1) is 16.6. The van der Waals surface area contributed by atoms with Gasteiger partial charge in [-0.3, -0.25) is 4.90 Å². The van der Waals surface area contributed by atoms with Gasteiger partial charge in [0, 0.05) is 24.7 Å². The first-order valence-corrected chi connectivity index (χ1v) is 8.70. The van der Waals surface area contributed by atoms with E-state index in [4.69, 9.17) is 4.42 Å². The van der Waals surface area contributed by atoms with Crippen molar-refractivity contribution in [3.05, 3.63) is 23.2 Å². The zero-order chi connectivity index (χ0) is 15.2. The molecule has 2 rings (SSSR count). The molecular formula is C18H32N2O. The largest absolute Gasteiger partial charge is 0.465 e. The predicted octanol–water partition coefficient (Wildman–Crippen LogP) is 4.10. The Morgan fingerprint density at radius 1 is 1.29 bits per heavy atom. The van der Waals surface area contributed by atoms with Gasteiger partial charge >= 0.3 is 0 Å². The third-order valence-electron chi connectivity index (χ3n) is 4.73. The van der Waals surface area contributed by atoms with Gasteiger partial charge in [-0.1, -0.05) is 33.6 Å². The first-order chi connectivity index (χ1) is 10.2. The average Bonchev–Trinajstić information content (AvgIpc) is 3.25. The molecule has 1 saturated carbocycles. The maximum atomic E-state index is 5.97. The molecule has 21 heavy (non-hydrogen) atoms. The first-order valence-electron chi connectivity index (χ1n) is 8.70. The van der Waals surface area contributed by atoms with Crippen molar-refractivity contribution in [1.82, 2.24) is 10.2 Å². The third-order valence-corrected chi connectivity index (χ3v) is 4.73. The SMILES string of the molecule is CCC(CC)CN(CC)Cc1cc(CNC2CC2)c(C)o1. The van der Waals surface area contributed by atoms with Crippen LogP contribution in [0.15, 0.2) is 10.5 Å². The Balaban J connectivity index is 1.88. The summed E-state index contributed by atoms with van der Waals surface area (Å²) >= 11 is 0. The summed E-state index contributed by atoms with van der Waals surface area (Å²) in [6.45, 7) is 13.1. The van der Waals surface area contributed by atoms with Gasteiger partial charge < -0.3 is 9.73 Å². The van der Waals surface area contributed by atoms with E-state index >= 15 is 0 Å². The summed E-state index contributed by atoms with van der Waals surface area (Å²) in [7, 11) is 0. The maximum absolute atomic E-state index is 5.97. The number of nitrogens with zero attached hydrogens (tertiary/aromatic N) is 1. The monoisotopic (exact) mass is 292 g/mol. The van der Waals surface area contributed by atoms with E-state index in [0.29, 0.717) is 0 Å². The quantitative estimate of drug-likeness (QED) is 0.704. The lowest BCUT2D eigenvalue weighted by Gasteiger charge is -2.24. The summed E-state index contributed by atoms with van der Waals surface area (Å²) in [4.78, 5) is 2.51. The molecule has 0 aromatic carbocycles. The molecule has 1 N–H and O–H groups in total. The zero-order valence-corrected chi connectivity index (χ0v) is 14.2. The number of hydrogen-bond donors (Lipinski definition) is 1. The van der Waals surface area contributed by atoms with Crippen molar-refractivity contribution in [3.63, 3.8) is 0 Å². The van der Waals surface area contributed by atoms with E-state index in [1.54, 1.807) is 0 Å². The van der Waals surface area contributed by atoms with Gasteiger partial charge in [-0.05, 0) is 38.3 Å². The third kappa shape index (κ3) is 5.15. The van der Waals surface area contributed by atoms with Crippen LogP contribution in [0.5, 0.6) is 0 Å². The number of furan rings is 1. The molecule has 0 bridgehead atoms. The van der Waals surface area contributed by atoms with Crippen LogP contribution in [0, 0.1) is 12.8 Å². The Morgan fingerprint density at radius 3 is 2.57 bits per heavy atom. The van der Waals surface area contributed by atoms with E-state index in [0.717, 1.165) is 43.1 Å². The lowest BCUT2D eigenvalue weighted by atomic mass is 10.0. The number of aryl methyl sites for hydroxylation is 1. The number of nitrogens with one attached hydrogen (secondary N) is 1. The van der Waals surface area contributed by atoms with Crippen LogP contribution in [0.3, 0.4) is 0 Å². The molecule has 1 aromatic rings. The van der Waals surface area contributed by atoms with Crippen molar-refractivity contribution in [2.75, 3.05) is 13.1 Å². The fourth-order valence-electron chi connectivity index (χ4n) is 2.82. The topological polar surface area (TPSA) is 28.4 Å². The molecule has 0 radical (unpaired) electrons. The summed E-state index contributed by atoms with van der Waals surface area (Å²) in [5.74, 6) is 3.00. The molecule has 1 aromatic heterocycles. The number of hydrogen-bond acceptors (Lipinski definition) is 3. The van der Waals surface area contributed by atoms with Crippen molar-refractivity contribution in [1.29, 1.82) is 0 Å². The summed E-state index contributed by atoms with van der Waals surface area (Å²) in [5, 5.41) is 3.57. The fourth-order valence-corrected chi connectivity index (χ4v) is 2.82. The highest BCUT2D eigenvalue weighted by Crippen LogP contribution is 2.22. The minimum atomic E-state index is 0.754. The Morgan fingerprint density at radius 2 is 2.00 bits per heavy atom. The summed E-state index contributed by atoms with van der Waals surface area (Å²) in [6.07, 6.45) is 5.20. The van der Waals surface area contributed by atoms with Crippen LogP contribution in [-0.2, 0) is 13.1 Å². The van der Waals surface area contributed by atoms with Crippen LogP contribution >= 0.6 is 0 Å². The van der Waals surface area contributed by atoms with Crippen LogP contribution in [0.2, 0.25) is 0 Å². The minimum Gasteiger partial charge on any atom is -0.465 e. The second-order valence-electron chi connectivity index (χ2n) is 6.46. The highest BCUT2D eigenvalue weighted by molar-refractivity contribution is 5.21. The minimum absolute atomic E-state index is 0.754. The van der Waals surface area contributed by atoms with E-state index < -0.39 is 0 Å². The summed E-state index contributed by atoms with van der Waals surface area (Å²) < 4.78 is 5.97. The van der Waals surface area contributed by atoms with E-state index in [1.165, 1.54) is 37.8 Å². The van der Waals surface area contributed by atoms with E-state index in [9.17, 15) is 0 Å². The zero-order valence-electron chi connectivity index (χ0n) is 14.2. The molecule has 0 saturated heterocycles. The van der Waals surface area contributed by atoms with Gasteiger partial charge in [0.25, 0.3) is 0 Å². The van der Waals surface area contributed by atoms with Crippen LogP contribution < -0.4 is 5.32 Å². The fraction of sp³-hybridized carbons (Fsp3) is 0.778. The molecule has 3 nitrogen and oxygen atoms in total. The van der Waals surface area contributed by atoms with Crippen LogP contribution in [-0.4, -0.2) is 24.0 Å². The number of rotatable bonds is 10. The smallest absolute Gasteiger partial charge is 0.118 e. The van der Waals surface area contributed by atoms with Crippen molar-refractivity contribution in [2.45, 2.75) is 72.5 Å². The Labute approximate surface area is 130 Å². The van der Waals surface area contributed by atoms with Crippen molar-refractivity contribution in [2.24, 2.45) is 5.92 Å². The molecule has 1 aliphatic carbocycles. The van der Waals surface area contributed by atoms with Gasteiger partial charge in [-0.25, -0.2) is 0 Å². The molecule has 0 unspecified atom stereocenters. The van der Waals surface area contributed by atoms with Gasteiger partial charge in [0.15, 0.2) is 0 Å². The van der Waals surface area contributed by atoms with Gasteiger partial charge in [-0.15, -0.1) is 0 Å². The summed E-state index contributed by atoms with van der Waals surface area (Å²) in [5.41, 5.74) is 1.33. The molecule has 120 valence electrons. The summed E-state index contributed by atoms with van der Waals surface area (Å²) in [6, 6.07) is 3.00. The standard InChI is InChI=1S/C18H32N2O/c1-5-15(6-2)12-20(7-3)13-18-10-16(14(4)21-18)11-19-17-8-9-17/h10,15,17,19H,5-9,11-13H2,1-4H3. The van der Waals surface area contributed by atoms with E-state index in [2.05, 4.69) is 44.0 Å².